The third-order valence-corrected chi connectivity index (χ3v) is 5.54. The number of rotatable bonds is 4. The molecule has 0 atom stereocenters. The lowest BCUT2D eigenvalue weighted by Crippen LogP contribution is -2.29. The number of pyridine rings is 1. The summed E-state index contributed by atoms with van der Waals surface area (Å²) in [6, 6.07) is 17.1. The summed E-state index contributed by atoms with van der Waals surface area (Å²) in [5, 5.41) is 3.00. The number of para-hydroxylation sites is 2. The second-order valence-corrected chi connectivity index (χ2v) is 7.91. The Bertz CT molecular complexity index is 1120. The summed E-state index contributed by atoms with van der Waals surface area (Å²) in [4.78, 5) is 32.0. The number of hydrogen-bond acceptors (Lipinski definition) is 3. The molecule has 152 valence electrons. The number of aromatic nitrogens is 1. The number of benzene rings is 2. The summed E-state index contributed by atoms with van der Waals surface area (Å²) in [6.45, 7) is 6.80. The van der Waals surface area contributed by atoms with Gasteiger partial charge in [0.1, 0.15) is 5.69 Å². The van der Waals surface area contributed by atoms with E-state index in [-0.39, 0.29) is 23.4 Å². The SMILES string of the molecule is Cc1cccc(C(C)C)c1NC(=O)c1cc(C(=O)N2CCc3ccccc32)ccn1. The fourth-order valence-corrected chi connectivity index (χ4v) is 3.91. The summed E-state index contributed by atoms with van der Waals surface area (Å²) in [5.41, 5.74) is 5.67. The van der Waals surface area contributed by atoms with E-state index in [1.54, 1.807) is 17.0 Å². The number of nitrogens with one attached hydrogen (secondary N) is 1. The van der Waals surface area contributed by atoms with E-state index in [9.17, 15) is 9.59 Å². The number of fused-ring (bicyclic) bond motifs is 1. The van der Waals surface area contributed by atoms with E-state index in [1.165, 1.54) is 11.8 Å². The van der Waals surface area contributed by atoms with Crippen LogP contribution in [0.5, 0.6) is 0 Å². The van der Waals surface area contributed by atoms with Gasteiger partial charge in [-0.25, -0.2) is 0 Å². The molecule has 1 aliphatic rings. The Morgan fingerprint density at radius 1 is 1.07 bits per heavy atom. The third kappa shape index (κ3) is 3.71. The van der Waals surface area contributed by atoms with Crippen molar-refractivity contribution in [1.29, 1.82) is 0 Å². The molecule has 3 aromatic rings. The molecule has 0 saturated carbocycles. The first-order valence-electron chi connectivity index (χ1n) is 10.2. The molecule has 2 heterocycles. The van der Waals surface area contributed by atoms with E-state index in [4.69, 9.17) is 0 Å². The first-order chi connectivity index (χ1) is 14.5. The molecule has 1 aromatic heterocycles. The van der Waals surface area contributed by atoms with E-state index in [0.717, 1.165) is 28.9 Å². The van der Waals surface area contributed by atoms with Gasteiger partial charge in [0.05, 0.1) is 0 Å². The normalized spacial score (nSPS) is 12.7. The van der Waals surface area contributed by atoms with Gasteiger partial charge in [-0.15, -0.1) is 0 Å². The lowest BCUT2D eigenvalue weighted by Gasteiger charge is -2.18. The number of aryl methyl sites for hydroxylation is 1. The van der Waals surface area contributed by atoms with Gasteiger partial charge in [-0.3, -0.25) is 14.6 Å². The Morgan fingerprint density at radius 3 is 2.67 bits per heavy atom. The van der Waals surface area contributed by atoms with Crippen molar-refractivity contribution >= 4 is 23.2 Å². The van der Waals surface area contributed by atoms with Crippen molar-refractivity contribution in [2.45, 2.75) is 33.1 Å². The van der Waals surface area contributed by atoms with Crippen LogP contribution in [-0.4, -0.2) is 23.3 Å². The van der Waals surface area contributed by atoms with Gasteiger partial charge in [0.25, 0.3) is 11.8 Å². The number of anilines is 2. The molecule has 5 nitrogen and oxygen atoms in total. The van der Waals surface area contributed by atoms with Crippen molar-refractivity contribution in [3.63, 3.8) is 0 Å². The van der Waals surface area contributed by atoms with Crippen LogP contribution < -0.4 is 10.2 Å². The number of carbonyl (C=O) groups is 2. The molecule has 0 unspecified atom stereocenters. The molecule has 0 radical (unpaired) electrons. The number of carbonyl (C=O) groups excluding carboxylic acids is 2. The zero-order chi connectivity index (χ0) is 21.3. The van der Waals surface area contributed by atoms with E-state index in [2.05, 4.69) is 24.1 Å². The maximum absolute atomic E-state index is 13.1. The second kappa shape index (κ2) is 8.11. The van der Waals surface area contributed by atoms with Gasteiger partial charge in [-0.1, -0.05) is 50.2 Å². The lowest BCUT2D eigenvalue weighted by atomic mass is 9.98. The second-order valence-electron chi connectivity index (χ2n) is 7.91. The minimum Gasteiger partial charge on any atom is -0.320 e. The molecule has 0 spiro atoms. The molecule has 1 N–H and O–H groups in total. The Labute approximate surface area is 176 Å². The van der Waals surface area contributed by atoms with Crippen LogP contribution >= 0.6 is 0 Å². The Hall–Kier alpha value is -3.47. The fourth-order valence-electron chi connectivity index (χ4n) is 3.91. The molecule has 1 aliphatic heterocycles. The molecule has 5 heteroatoms. The lowest BCUT2D eigenvalue weighted by molar-refractivity contribution is 0.0989. The summed E-state index contributed by atoms with van der Waals surface area (Å²) >= 11 is 0. The minimum absolute atomic E-state index is 0.116. The Morgan fingerprint density at radius 2 is 1.87 bits per heavy atom. The highest BCUT2D eigenvalue weighted by Gasteiger charge is 2.26. The predicted molar refractivity (Wildman–Crippen MR) is 119 cm³/mol. The zero-order valence-electron chi connectivity index (χ0n) is 17.5. The molecule has 30 heavy (non-hydrogen) atoms. The van der Waals surface area contributed by atoms with Crippen LogP contribution in [0, 0.1) is 6.92 Å². The summed E-state index contributed by atoms with van der Waals surface area (Å²) < 4.78 is 0. The fraction of sp³-hybridized carbons (Fsp3) is 0.240. The zero-order valence-corrected chi connectivity index (χ0v) is 17.5. The van der Waals surface area contributed by atoms with Gasteiger partial charge in [-0.05, 0) is 54.2 Å². The van der Waals surface area contributed by atoms with Gasteiger partial charge in [0, 0.05) is 29.7 Å². The molecular weight excluding hydrogens is 374 g/mol. The van der Waals surface area contributed by atoms with Crippen molar-refractivity contribution in [3.05, 3.63) is 88.7 Å². The van der Waals surface area contributed by atoms with Crippen LogP contribution in [0.4, 0.5) is 11.4 Å². The molecule has 0 bridgehead atoms. The quantitative estimate of drug-likeness (QED) is 0.674. The van der Waals surface area contributed by atoms with Crippen molar-refractivity contribution in [2.24, 2.45) is 0 Å². The van der Waals surface area contributed by atoms with Gasteiger partial charge >= 0.3 is 0 Å². The highest BCUT2D eigenvalue weighted by atomic mass is 16.2. The summed E-state index contributed by atoms with van der Waals surface area (Å²) in [6.07, 6.45) is 2.36. The van der Waals surface area contributed by atoms with Crippen molar-refractivity contribution in [2.75, 3.05) is 16.8 Å². The van der Waals surface area contributed by atoms with Gasteiger partial charge in [-0.2, -0.15) is 0 Å². The van der Waals surface area contributed by atoms with Crippen molar-refractivity contribution < 1.29 is 9.59 Å². The molecule has 0 saturated heterocycles. The average molecular weight is 399 g/mol. The first-order valence-corrected chi connectivity index (χ1v) is 10.2. The smallest absolute Gasteiger partial charge is 0.274 e. The van der Waals surface area contributed by atoms with Crippen LogP contribution in [-0.2, 0) is 6.42 Å². The topological polar surface area (TPSA) is 62.3 Å². The van der Waals surface area contributed by atoms with E-state index in [0.29, 0.717) is 12.1 Å². The van der Waals surface area contributed by atoms with Crippen molar-refractivity contribution in [1.82, 2.24) is 4.98 Å². The van der Waals surface area contributed by atoms with Crippen LogP contribution in [0.3, 0.4) is 0 Å². The molecular formula is C25H25N3O2. The van der Waals surface area contributed by atoms with Gasteiger partial charge in [0.15, 0.2) is 0 Å². The minimum atomic E-state index is -0.317. The maximum atomic E-state index is 13.1. The van der Waals surface area contributed by atoms with Crippen LogP contribution in [0.2, 0.25) is 0 Å². The number of nitrogens with zero attached hydrogens (tertiary/aromatic N) is 2. The van der Waals surface area contributed by atoms with E-state index in [1.807, 2.05) is 49.4 Å². The number of amides is 2. The van der Waals surface area contributed by atoms with Crippen molar-refractivity contribution in [3.8, 4) is 0 Å². The highest BCUT2D eigenvalue weighted by Crippen LogP contribution is 2.30. The number of hydrogen-bond donors (Lipinski definition) is 1. The molecule has 0 fully saturated rings. The Kier molecular flexibility index (Phi) is 5.36. The average Bonchev–Trinajstić information content (AvgIpc) is 3.18. The molecule has 4 rings (SSSR count). The van der Waals surface area contributed by atoms with Gasteiger partial charge < -0.3 is 10.2 Å². The summed E-state index contributed by atoms with van der Waals surface area (Å²) in [5.74, 6) is -0.158. The highest BCUT2D eigenvalue weighted by molar-refractivity contribution is 6.09. The third-order valence-electron chi connectivity index (χ3n) is 5.54. The summed E-state index contributed by atoms with van der Waals surface area (Å²) in [7, 11) is 0. The van der Waals surface area contributed by atoms with E-state index < -0.39 is 0 Å². The van der Waals surface area contributed by atoms with Crippen LogP contribution in [0.15, 0.2) is 60.8 Å². The molecule has 2 aromatic carbocycles. The van der Waals surface area contributed by atoms with Gasteiger partial charge in [0.2, 0.25) is 0 Å². The first kappa shape index (κ1) is 19.8. The van der Waals surface area contributed by atoms with Crippen LogP contribution in [0.1, 0.15) is 57.3 Å². The largest absolute Gasteiger partial charge is 0.320 e. The molecule has 0 aliphatic carbocycles. The predicted octanol–water partition coefficient (Wildman–Crippen LogP) is 4.97. The standard InChI is InChI=1S/C25H25N3O2/c1-16(2)20-9-6-7-17(3)23(20)27-24(29)21-15-19(11-13-26-21)25(30)28-14-12-18-8-4-5-10-22(18)28/h4-11,13,15-16H,12,14H2,1-3H3,(H,27,29). The Balaban J connectivity index is 1.59. The van der Waals surface area contributed by atoms with Crippen LogP contribution in [0.25, 0.3) is 0 Å². The monoisotopic (exact) mass is 399 g/mol. The van der Waals surface area contributed by atoms with E-state index >= 15 is 0 Å². The molecule has 2 amide bonds. The maximum Gasteiger partial charge on any atom is 0.274 e.